The van der Waals surface area contributed by atoms with Gasteiger partial charge in [0.25, 0.3) is 0 Å². The van der Waals surface area contributed by atoms with Gasteiger partial charge in [0.1, 0.15) is 5.82 Å². The zero-order valence-electron chi connectivity index (χ0n) is 12.4. The van der Waals surface area contributed by atoms with Crippen molar-refractivity contribution in [2.45, 2.75) is 32.2 Å². The summed E-state index contributed by atoms with van der Waals surface area (Å²) in [5, 5.41) is 7.74. The van der Waals surface area contributed by atoms with Crippen LogP contribution in [0.3, 0.4) is 0 Å². The van der Waals surface area contributed by atoms with Crippen LogP contribution in [0, 0.1) is 5.82 Å². The highest BCUT2D eigenvalue weighted by molar-refractivity contribution is 9.10. The number of rotatable bonds is 7. The first-order valence-electron chi connectivity index (χ1n) is 7.27. The highest BCUT2D eigenvalue weighted by Crippen LogP contribution is 2.24. The van der Waals surface area contributed by atoms with Crippen LogP contribution < -0.4 is 5.32 Å². The third-order valence-corrected chi connectivity index (χ3v) is 4.21. The average Bonchev–Trinajstić information content (AvgIpc) is 2.88. The highest BCUT2D eigenvalue weighted by atomic mass is 79.9. The van der Waals surface area contributed by atoms with E-state index in [0.29, 0.717) is 4.47 Å². The van der Waals surface area contributed by atoms with Crippen LogP contribution in [0.5, 0.6) is 0 Å². The Morgan fingerprint density at radius 2 is 2.19 bits per heavy atom. The summed E-state index contributed by atoms with van der Waals surface area (Å²) < 4.78 is 15.8. The molecule has 0 amide bonds. The van der Waals surface area contributed by atoms with Crippen LogP contribution >= 0.6 is 15.9 Å². The van der Waals surface area contributed by atoms with E-state index < -0.39 is 0 Å². The summed E-state index contributed by atoms with van der Waals surface area (Å²) in [6, 6.07) is 7.50. The van der Waals surface area contributed by atoms with Crippen molar-refractivity contribution in [1.82, 2.24) is 15.1 Å². The molecule has 0 aliphatic carbocycles. The monoisotopic (exact) mass is 353 g/mol. The summed E-state index contributed by atoms with van der Waals surface area (Å²) in [4.78, 5) is 0. The van der Waals surface area contributed by atoms with Crippen molar-refractivity contribution >= 4 is 15.9 Å². The van der Waals surface area contributed by atoms with E-state index >= 15 is 0 Å². The number of aryl methyl sites for hydroxylation is 2. The van der Waals surface area contributed by atoms with Gasteiger partial charge >= 0.3 is 0 Å². The Kier molecular flexibility index (Phi) is 5.94. The van der Waals surface area contributed by atoms with E-state index in [0.717, 1.165) is 31.4 Å². The third kappa shape index (κ3) is 4.38. The molecule has 1 heterocycles. The predicted molar refractivity (Wildman–Crippen MR) is 86.7 cm³/mol. The van der Waals surface area contributed by atoms with Crippen LogP contribution in [-0.4, -0.2) is 16.3 Å². The van der Waals surface area contributed by atoms with Crippen molar-refractivity contribution in [2.24, 2.45) is 7.05 Å². The Morgan fingerprint density at radius 3 is 2.81 bits per heavy atom. The lowest BCUT2D eigenvalue weighted by Crippen LogP contribution is -2.23. The van der Waals surface area contributed by atoms with Gasteiger partial charge in [-0.05, 0) is 65.5 Å². The van der Waals surface area contributed by atoms with E-state index in [9.17, 15) is 4.39 Å². The minimum Gasteiger partial charge on any atom is -0.310 e. The zero-order valence-corrected chi connectivity index (χ0v) is 14.0. The molecular formula is C16H21BrFN3. The number of aromatic nitrogens is 2. The fraction of sp³-hybridized carbons (Fsp3) is 0.438. The minimum absolute atomic E-state index is 0.219. The van der Waals surface area contributed by atoms with Crippen molar-refractivity contribution in [3.05, 3.63) is 52.0 Å². The maximum absolute atomic E-state index is 13.4. The number of benzene rings is 1. The van der Waals surface area contributed by atoms with Crippen LogP contribution in [0.25, 0.3) is 0 Å². The van der Waals surface area contributed by atoms with Gasteiger partial charge in [-0.3, -0.25) is 4.68 Å². The van der Waals surface area contributed by atoms with Gasteiger partial charge in [-0.1, -0.05) is 13.0 Å². The summed E-state index contributed by atoms with van der Waals surface area (Å²) in [6.45, 7) is 3.09. The molecular weight excluding hydrogens is 333 g/mol. The average molecular weight is 354 g/mol. The lowest BCUT2D eigenvalue weighted by Gasteiger charge is -2.19. The van der Waals surface area contributed by atoms with Crippen LogP contribution in [0.4, 0.5) is 4.39 Å². The molecule has 1 aromatic carbocycles. The second-order valence-corrected chi connectivity index (χ2v) is 6.02. The molecule has 0 spiro atoms. The molecule has 0 bridgehead atoms. The molecule has 1 N–H and O–H groups in total. The molecule has 114 valence electrons. The van der Waals surface area contributed by atoms with Crippen LogP contribution in [-0.2, 0) is 13.5 Å². The molecule has 5 heteroatoms. The number of nitrogens with one attached hydrogen (secondary N) is 1. The molecule has 3 nitrogen and oxygen atoms in total. The van der Waals surface area contributed by atoms with Crippen molar-refractivity contribution in [3.63, 3.8) is 0 Å². The molecule has 21 heavy (non-hydrogen) atoms. The maximum Gasteiger partial charge on any atom is 0.137 e. The molecule has 2 rings (SSSR count). The first-order valence-corrected chi connectivity index (χ1v) is 8.06. The van der Waals surface area contributed by atoms with Crippen LogP contribution in [0.1, 0.15) is 37.1 Å². The number of halogens is 2. The lowest BCUT2D eigenvalue weighted by molar-refractivity contribution is 0.490. The summed E-state index contributed by atoms with van der Waals surface area (Å²) >= 11 is 3.27. The minimum atomic E-state index is -0.223. The van der Waals surface area contributed by atoms with Gasteiger partial charge in [-0.25, -0.2) is 4.39 Å². The SMILES string of the molecule is CCCNC(CCc1ccnn1C)c1ccc(F)c(Br)c1. The standard InChI is InChI=1S/C16H21BrFN3/c1-3-9-19-16(7-5-13-8-10-20-21(13)2)12-4-6-15(18)14(17)11-12/h4,6,8,10-11,16,19H,3,5,7,9H2,1-2H3. The van der Waals surface area contributed by atoms with Crippen molar-refractivity contribution in [3.8, 4) is 0 Å². The van der Waals surface area contributed by atoms with Crippen molar-refractivity contribution in [2.75, 3.05) is 6.54 Å². The Morgan fingerprint density at radius 1 is 1.38 bits per heavy atom. The fourth-order valence-electron chi connectivity index (χ4n) is 2.37. The Balaban J connectivity index is 2.09. The van der Waals surface area contributed by atoms with Gasteiger partial charge in [-0.15, -0.1) is 0 Å². The van der Waals surface area contributed by atoms with E-state index in [-0.39, 0.29) is 11.9 Å². The first-order chi connectivity index (χ1) is 10.1. The highest BCUT2D eigenvalue weighted by Gasteiger charge is 2.13. The molecule has 0 saturated heterocycles. The Hall–Kier alpha value is -1.20. The molecule has 1 atom stereocenters. The van der Waals surface area contributed by atoms with E-state index in [1.807, 2.05) is 36.1 Å². The smallest absolute Gasteiger partial charge is 0.137 e. The molecule has 0 aliphatic rings. The van der Waals surface area contributed by atoms with Crippen molar-refractivity contribution < 1.29 is 4.39 Å². The van der Waals surface area contributed by atoms with Gasteiger partial charge in [0.05, 0.1) is 4.47 Å². The molecule has 1 unspecified atom stereocenters. The van der Waals surface area contributed by atoms with E-state index in [1.165, 1.54) is 11.8 Å². The van der Waals surface area contributed by atoms with Gasteiger partial charge in [-0.2, -0.15) is 5.10 Å². The van der Waals surface area contributed by atoms with E-state index in [2.05, 4.69) is 33.3 Å². The topological polar surface area (TPSA) is 29.9 Å². The quantitative estimate of drug-likeness (QED) is 0.815. The third-order valence-electron chi connectivity index (χ3n) is 3.60. The summed E-state index contributed by atoms with van der Waals surface area (Å²) in [7, 11) is 1.96. The molecule has 1 aromatic heterocycles. The number of hydrogen-bond acceptors (Lipinski definition) is 2. The second kappa shape index (κ2) is 7.71. The molecule has 0 saturated carbocycles. The van der Waals surface area contributed by atoms with E-state index in [1.54, 1.807) is 0 Å². The summed E-state index contributed by atoms with van der Waals surface area (Å²) in [6.07, 6.45) is 4.79. The predicted octanol–water partition coefficient (Wildman–Crippen LogP) is 4.00. The summed E-state index contributed by atoms with van der Waals surface area (Å²) in [5.74, 6) is -0.223. The Labute approximate surface area is 133 Å². The van der Waals surface area contributed by atoms with Crippen LogP contribution in [0.2, 0.25) is 0 Å². The Bertz CT molecular complexity index is 583. The zero-order chi connectivity index (χ0) is 15.2. The lowest BCUT2D eigenvalue weighted by atomic mass is 10.0. The van der Waals surface area contributed by atoms with Crippen LogP contribution in [0.15, 0.2) is 34.9 Å². The largest absolute Gasteiger partial charge is 0.310 e. The first kappa shape index (κ1) is 16.2. The molecule has 0 radical (unpaired) electrons. The maximum atomic E-state index is 13.4. The fourth-order valence-corrected chi connectivity index (χ4v) is 2.77. The van der Waals surface area contributed by atoms with Gasteiger partial charge < -0.3 is 5.32 Å². The number of hydrogen-bond donors (Lipinski definition) is 1. The summed E-state index contributed by atoms with van der Waals surface area (Å²) in [5.41, 5.74) is 2.32. The van der Waals surface area contributed by atoms with Gasteiger partial charge in [0, 0.05) is 25.0 Å². The normalized spacial score (nSPS) is 12.6. The molecule has 0 aliphatic heterocycles. The molecule has 2 aromatic rings. The van der Waals surface area contributed by atoms with Gasteiger partial charge in [0.2, 0.25) is 0 Å². The second-order valence-electron chi connectivity index (χ2n) is 5.17. The molecule has 0 fully saturated rings. The number of nitrogens with zero attached hydrogens (tertiary/aromatic N) is 2. The van der Waals surface area contributed by atoms with Crippen molar-refractivity contribution in [1.29, 1.82) is 0 Å². The van der Waals surface area contributed by atoms with Gasteiger partial charge in [0.15, 0.2) is 0 Å². The van der Waals surface area contributed by atoms with E-state index in [4.69, 9.17) is 0 Å².